The Morgan fingerprint density at radius 3 is 2.86 bits per heavy atom. The van der Waals surface area contributed by atoms with Crippen molar-refractivity contribution in [1.82, 2.24) is 10.3 Å². The number of carbonyl (C=O) groups is 1. The van der Waals surface area contributed by atoms with Crippen molar-refractivity contribution in [3.63, 3.8) is 0 Å². The number of amides is 1. The van der Waals surface area contributed by atoms with Crippen LogP contribution >= 0.6 is 0 Å². The van der Waals surface area contributed by atoms with Crippen LogP contribution in [0.4, 0.5) is 5.69 Å². The molecule has 1 aromatic heterocycles. The average molecular weight is 289 g/mol. The van der Waals surface area contributed by atoms with Gasteiger partial charge in [-0.25, -0.2) is 0 Å². The van der Waals surface area contributed by atoms with E-state index in [0.29, 0.717) is 17.4 Å². The molecule has 0 spiro atoms. The van der Waals surface area contributed by atoms with Crippen LogP contribution in [0, 0.1) is 18.8 Å². The number of aromatic nitrogens is 1. The highest BCUT2D eigenvalue weighted by molar-refractivity contribution is 5.99. The van der Waals surface area contributed by atoms with Crippen LogP contribution in [0.15, 0.2) is 12.3 Å². The Hall–Kier alpha value is -1.58. The van der Waals surface area contributed by atoms with Gasteiger partial charge in [0.25, 0.3) is 5.91 Å². The first-order valence-corrected chi connectivity index (χ1v) is 8.10. The molecule has 1 amide bonds. The topological polar surface area (TPSA) is 54.0 Å². The summed E-state index contributed by atoms with van der Waals surface area (Å²) in [6.45, 7) is 7.84. The standard InChI is InChI=1S/C17H27N3O/c1-4-18-16-9-13(3)19-11-15(16)17(21)20-10-14-8-6-5-7-12(14)2/h9,11-12,14H,4-8,10H2,1-3H3,(H,18,19)(H,20,21). The maximum absolute atomic E-state index is 12.4. The molecule has 0 aliphatic heterocycles. The normalized spacial score (nSPS) is 21.9. The molecule has 0 saturated heterocycles. The second-order valence-electron chi connectivity index (χ2n) is 6.13. The van der Waals surface area contributed by atoms with Gasteiger partial charge in [-0.15, -0.1) is 0 Å². The van der Waals surface area contributed by atoms with E-state index in [4.69, 9.17) is 0 Å². The minimum Gasteiger partial charge on any atom is -0.385 e. The van der Waals surface area contributed by atoms with Crippen LogP contribution in [0.3, 0.4) is 0 Å². The molecule has 4 nitrogen and oxygen atoms in total. The number of nitrogens with one attached hydrogen (secondary N) is 2. The molecule has 1 heterocycles. The van der Waals surface area contributed by atoms with Crippen LogP contribution in [0.1, 0.15) is 55.6 Å². The minimum absolute atomic E-state index is 0.0174. The minimum atomic E-state index is -0.0174. The number of anilines is 1. The lowest BCUT2D eigenvalue weighted by Crippen LogP contribution is -2.33. The zero-order valence-electron chi connectivity index (χ0n) is 13.4. The Labute approximate surface area is 127 Å². The summed E-state index contributed by atoms with van der Waals surface area (Å²) >= 11 is 0. The summed E-state index contributed by atoms with van der Waals surface area (Å²) in [5.41, 5.74) is 2.44. The molecule has 0 radical (unpaired) electrons. The van der Waals surface area contributed by atoms with E-state index in [1.54, 1.807) is 6.20 Å². The Kier molecular flexibility index (Phi) is 5.59. The van der Waals surface area contributed by atoms with Gasteiger partial charge in [-0.3, -0.25) is 9.78 Å². The van der Waals surface area contributed by atoms with Crippen LogP contribution in [0.2, 0.25) is 0 Å². The molecule has 4 heteroatoms. The van der Waals surface area contributed by atoms with Crippen molar-refractivity contribution in [3.8, 4) is 0 Å². The number of carbonyl (C=O) groups excluding carboxylic acids is 1. The van der Waals surface area contributed by atoms with Crippen molar-refractivity contribution < 1.29 is 4.79 Å². The first-order chi connectivity index (χ1) is 10.1. The van der Waals surface area contributed by atoms with Crippen molar-refractivity contribution in [2.24, 2.45) is 11.8 Å². The summed E-state index contributed by atoms with van der Waals surface area (Å²) in [5, 5.41) is 6.34. The van der Waals surface area contributed by atoms with Crippen LogP contribution in [-0.4, -0.2) is 24.0 Å². The maximum Gasteiger partial charge on any atom is 0.254 e. The highest BCUT2D eigenvalue weighted by Crippen LogP contribution is 2.29. The summed E-state index contributed by atoms with van der Waals surface area (Å²) in [6.07, 6.45) is 6.81. The molecular weight excluding hydrogens is 262 g/mol. The molecule has 2 rings (SSSR count). The first kappa shape index (κ1) is 15.8. The highest BCUT2D eigenvalue weighted by Gasteiger charge is 2.22. The van der Waals surface area contributed by atoms with Crippen LogP contribution in [0.5, 0.6) is 0 Å². The van der Waals surface area contributed by atoms with Gasteiger partial charge in [0.2, 0.25) is 0 Å². The van der Waals surface area contributed by atoms with Crippen molar-refractivity contribution in [3.05, 3.63) is 23.5 Å². The quantitative estimate of drug-likeness (QED) is 0.873. The first-order valence-electron chi connectivity index (χ1n) is 8.10. The van der Waals surface area contributed by atoms with E-state index in [2.05, 4.69) is 22.5 Å². The molecule has 1 saturated carbocycles. The number of pyridine rings is 1. The third-order valence-corrected chi connectivity index (χ3v) is 4.47. The van der Waals surface area contributed by atoms with Crippen LogP contribution < -0.4 is 10.6 Å². The number of nitrogens with zero attached hydrogens (tertiary/aromatic N) is 1. The third kappa shape index (κ3) is 4.19. The largest absolute Gasteiger partial charge is 0.385 e. The number of hydrogen-bond acceptors (Lipinski definition) is 3. The molecule has 0 bridgehead atoms. The summed E-state index contributed by atoms with van der Waals surface area (Å²) in [4.78, 5) is 16.7. The number of hydrogen-bond donors (Lipinski definition) is 2. The summed E-state index contributed by atoms with van der Waals surface area (Å²) in [7, 11) is 0. The Bertz CT molecular complexity index is 487. The highest BCUT2D eigenvalue weighted by atomic mass is 16.1. The van der Waals surface area contributed by atoms with E-state index in [-0.39, 0.29) is 5.91 Å². The van der Waals surface area contributed by atoms with Crippen molar-refractivity contribution in [2.75, 3.05) is 18.4 Å². The molecular formula is C17H27N3O. The Morgan fingerprint density at radius 1 is 1.38 bits per heavy atom. The lowest BCUT2D eigenvalue weighted by molar-refractivity contribution is 0.0937. The van der Waals surface area contributed by atoms with Gasteiger partial charge in [0.15, 0.2) is 0 Å². The van der Waals surface area contributed by atoms with Crippen LogP contribution in [-0.2, 0) is 0 Å². The van der Waals surface area contributed by atoms with E-state index in [0.717, 1.165) is 24.5 Å². The van der Waals surface area contributed by atoms with Crippen molar-refractivity contribution in [1.29, 1.82) is 0 Å². The summed E-state index contributed by atoms with van der Waals surface area (Å²) < 4.78 is 0. The Morgan fingerprint density at radius 2 is 2.14 bits per heavy atom. The van der Waals surface area contributed by atoms with Gasteiger partial charge in [-0.2, -0.15) is 0 Å². The molecule has 2 unspecified atom stereocenters. The number of rotatable bonds is 5. The average Bonchev–Trinajstić information content (AvgIpc) is 2.46. The van der Waals surface area contributed by atoms with Crippen molar-refractivity contribution >= 4 is 11.6 Å². The maximum atomic E-state index is 12.4. The fraction of sp³-hybridized carbons (Fsp3) is 0.647. The second-order valence-corrected chi connectivity index (χ2v) is 6.13. The SMILES string of the molecule is CCNc1cc(C)ncc1C(=O)NCC1CCCCC1C. The van der Waals surface area contributed by atoms with Crippen LogP contribution in [0.25, 0.3) is 0 Å². The smallest absolute Gasteiger partial charge is 0.254 e. The molecule has 2 N–H and O–H groups in total. The van der Waals surface area contributed by atoms with Crippen molar-refractivity contribution in [2.45, 2.75) is 46.5 Å². The zero-order valence-corrected chi connectivity index (χ0v) is 13.4. The van der Waals surface area contributed by atoms with Gasteiger partial charge in [0.05, 0.1) is 11.3 Å². The van der Waals surface area contributed by atoms with E-state index >= 15 is 0 Å². The van der Waals surface area contributed by atoms with Gasteiger partial charge < -0.3 is 10.6 Å². The van der Waals surface area contributed by atoms with Gasteiger partial charge >= 0.3 is 0 Å². The molecule has 1 aliphatic rings. The number of aryl methyl sites for hydroxylation is 1. The molecule has 2 atom stereocenters. The fourth-order valence-corrected chi connectivity index (χ4v) is 3.09. The van der Waals surface area contributed by atoms with Gasteiger partial charge in [-0.1, -0.05) is 26.2 Å². The van der Waals surface area contributed by atoms with Gasteiger partial charge in [-0.05, 0) is 38.2 Å². The fourth-order valence-electron chi connectivity index (χ4n) is 3.09. The molecule has 0 aromatic carbocycles. The molecule has 1 aliphatic carbocycles. The molecule has 1 aromatic rings. The van der Waals surface area contributed by atoms with E-state index in [1.165, 1.54) is 25.7 Å². The Balaban J connectivity index is 1.99. The summed E-state index contributed by atoms with van der Waals surface area (Å²) in [5.74, 6) is 1.31. The van der Waals surface area contributed by atoms with E-state index < -0.39 is 0 Å². The predicted octanol–water partition coefficient (Wildman–Crippen LogP) is 3.38. The van der Waals surface area contributed by atoms with E-state index in [9.17, 15) is 4.79 Å². The predicted molar refractivity (Wildman–Crippen MR) is 86.6 cm³/mol. The lowest BCUT2D eigenvalue weighted by atomic mass is 9.80. The zero-order chi connectivity index (χ0) is 15.2. The molecule has 116 valence electrons. The molecule has 21 heavy (non-hydrogen) atoms. The molecule has 1 fully saturated rings. The lowest BCUT2D eigenvalue weighted by Gasteiger charge is -2.28. The third-order valence-electron chi connectivity index (χ3n) is 4.47. The monoisotopic (exact) mass is 289 g/mol. The second kappa shape index (κ2) is 7.43. The van der Waals surface area contributed by atoms with Gasteiger partial charge in [0, 0.05) is 25.0 Å². The van der Waals surface area contributed by atoms with E-state index in [1.807, 2.05) is 19.9 Å². The van der Waals surface area contributed by atoms with Gasteiger partial charge in [0.1, 0.15) is 0 Å². The summed E-state index contributed by atoms with van der Waals surface area (Å²) in [6, 6.07) is 1.93.